The monoisotopic (exact) mass is 289 g/mol. The standard InChI is InChI=1S/C18H15N3O/c1-12-2-5-15(6-3-12)21-17(8-9-19-21)13-4-7-16-14(10-13)11-18(22)20-16/h2-10H,11H2,1H3,(H,20,22). The van der Waals surface area contributed by atoms with Gasteiger partial charge in [0.2, 0.25) is 5.91 Å². The van der Waals surface area contributed by atoms with Crippen molar-refractivity contribution in [3.05, 3.63) is 65.9 Å². The number of benzene rings is 2. The van der Waals surface area contributed by atoms with Gasteiger partial charge >= 0.3 is 0 Å². The van der Waals surface area contributed by atoms with Gasteiger partial charge in [-0.1, -0.05) is 23.8 Å². The molecule has 108 valence electrons. The highest BCUT2D eigenvalue weighted by atomic mass is 16.1. The van der Waals surface area contributed by atoms with Gasteiger partial charge in [-0.2, -0.15) is 5.10 Å². The molecule has 0 aliphatic carbocycles. The van der Waals surface area contributed by atoms with Gasteiger partial charge in [0, 0.05) is 11.3 Å². The van der Waals surface area contributed by atoms with Crippen molar-refractivity contribution in [2.24, 2.45) is 0 Å². The quantitative estimate of drug-likeness (QED) is 0.786. The number of carbonyl (C=O) groups excluding carboxylic acids is 1. The Morgan fingerprint density at radius 2 is 1.91 bits per heavy atom. The van der Waals surface area contributed by atoms with Gasteiger partial charge in [-0.25, -0.2) is 4.68 Å². The maximum Gasteiger partial charge on any atom is 0.228 e. The number of nitrogens with zero attached hydrogens (tertiary/aromatic N) is 2. The molecule has 4 rings (SSSR count). The fourth-order valence-corrected chi connectivity index (χ4v) is 2.80. The normalized spacial score (nSPS) is 13.0. The lowest BCUT2D eigenvalue weighted by atomic mass is 10.1. The summed E-state index contributed by atoms with van der Waals surface area (Å²) in [5.41, 5.74) is 6.29. The van der Waals surface area contributed by atoms with E-state index in [2.05, 4.69) is 47.7 Å². The minimum atomic E-state index is 0.0548. The van der Waals surface area contributed by atoms with Crippen molar-refractivity contribution in [1.29, 1.82) is 0 Å². The van der Waals surface area contributed by atoms with E-state index < -0.39 is 0 Å². The topological polar surface area (TPSA) is 46.9 Å². The molecule has 2 aromatic carbocycles. The van der Waals surface area contributed by atoms with E-state index in [1.54, 1.807) is 6.20 Å². The van der Waals surface area contributed by atoms with Gasteiger partial charge in [0.15, 0.2) is 0 Å². The van der Waals surface area contributed by atoms with Crippen molar-refractivity contribution >= 4 is 11.6 Å². The molecule has 1 aromatic heterocycles. The summed E-state index contributed by atoms with van der Waals surface area (Å²) >= 11 is 0. The van der Waals surface area contributed by atoms with Gasteiger partial charge in [0.1, 0.15) is 0 Å². The Labute approximate surface area is 128 Å². The van der Waals surface area contributed by atoms with E-state index in [1.807, 2.05) is 22.9 Å². The van der Waals surface area contributed by atoms with Gasteiger partial charge in [-0.3, -0.25) is 4.79 Å². The molecular formula is C18H15N3O. The maximum absolute atomic E-state index is 11.5. The maximum atomic E-state index is 11.5. The van der Waals surface area contributed by atoms with Crippen LogP contribution in [0.5, 0.6) is 0 Å². The van der Waals surface area contributed by atoms with E-state index in [1.165, 1.54) is 5.56 Å². The first-order valence-electron chi connectivity index (χ1n) is 7.25. The minimum absolute atomic E-state index is 0.0548. The van der Waals surface area contributed by atoms with Crippen molar-refractivity contribution in [2.45, 2.75) is 13.3 Å². The van der Waals surface area contributed by atoms with Crippen molar-refractivity contribution in [1.82, 2.24) is 9.78 Å². The molecule has 1 aliphatic heterocycles. The van der Waals surface area contributed by atoms with Gasteiger partial charge in [-0.15, -0.1) is 0 Å². The second-order valence-electron chi connectivity index (χ2n) is 5.56. The third-order valence-electron chi connectivity index (χ3n) is 3.95. The summed E-state index contributed by atoms with van der Waals surface area (Å²) in [5.74, 6) is 0.0548. The lowest BCUT2D eigenvalue weighted by Crippen LogP contribution is -2.03. The highest BCUT2D eigenvalue weighted by molar-refractivity contribution is 5.99. The van der Waals surface area contributed by atoms with Gasteiger partial charge in [0.25, 0.3) is 0 Å². The van der Waals surface area contributed by atoms with E-state index in [0.29, 0.717) is 6.42 Å². The zero-order valence-corrected chi connectivity index (χ0v) is 12.2. The Bertz CT molecular complexity index is 862. The van der Waals surface area contributed by atoms with Crippen molar-refractivity contribution in [2.75, 3.05) is 5.32 Å². The van der Waals surface area contributed by atoms with E-state index in [4.69, 9.17) is 0 Å². The Balaban J connectivity index is 1.79. The molecule has 0 unspecified atom stereocenters. The first-order chi connectivity index (χ1) is 10.7. The second kappa shape index (κ2) is 4.84. The number of amides is 1. The highest BCUT2D eigenvalue weighted by Crippen LogP contribution is 2.30. The fraction of sp³-hybridized carbons (Fsp3) is 0.111. The number of anilines is 1. The SMILES string of the molecule is Cc1ccc(-n2nccc2-c2ccc3c(c2)CC(=O)N3)cc1. The number of aromatic nitrogens is 2. The van der Waals surface area contributed by atoms with Gasteiger partial charge < -0.3 is 5.32 Å². The summed E-state index contributed by atoms with van der Waals surface area (Å²) in [6.07, 6.45) is 2.24. The molecule has 0 saturated carbocycles. The molecule has 0 radical (unpaired) electrons. The van der Waals surface area contributed by atoms with Crippen molar-refractivity contribution in [3.63, 3.8) is 0 Å². The number of nitrogens with one attached hydrogen (secondary N) is 1. The molecule has 0 fully saturated rings. The first-order valence-corrected chi connectivity index (χ1v) is 7.25. The van der Waals surface area contributed by atoms with E-state index in [-0.39, 0.29) is 5.91 Å². The number of hydrogen-bond donors (Lipinski definition) is 1. The molecule has 1 N–H and O–H groups in total. The predicted molar refractivity (Wildman–Crippen MR) is 86.1 cm³/mol. The molecule has 3 aromatic rings. The van der Waals surface area contributed by atoms with Gasteiger partial charge in [0.05, 0.1) is 24.0 Å². The first kappa shape index (κ1) is 12.8. The van der Waals surface area contributed by atoms with Gasteiger partial charge in [-0.05, 0) is 42.8 Å². The Kier molecular flexibility index (Phi) is 2.82. The molecule has 1 amide bonds. The number of fused-ring (bicyclic) bond motifs is 1. The van der Waals surface area contributed by atoms with Crippen LogP contribution in [0.3, 0.4) is 0 Å². The van der Waals surface area contributed by atoms with E-state index >= 15 is 0 Å². The number of carbonyl (C=O) groups is 1. The van der Waals surface area contributed by atoms with Crippen LogP contribution in [0.2, 0.25) is 0 Å². The number of rotatable bonds is 2. The third-order valence-corrected chi connectivity index (χ3v) is 3.95. The summed E-state index contributed by atoms with van der Waals surface area (Å²) in [5, 5.41) is 7.30. The van der Waals surface area contributed by atoms with Crippen LogP contribution in [0.15, 0.2) is 54.7 Å². The van der Waals surface area contributed by atoms with Crippen LogP contribution >= 0.6 is 0 Å². The molecular weight excluding hydrogens is 274 g/mol. The molecule has 0 bridgehead atoms. The Morgan fingerprint density at radius 3 is 2.73 bits per heavy atom. The summed E-state index contributed by atoms with van der Waals surface area (Å²) in [6.45, 7) is 2.07. The molecule has 22 heavy (non-hydrogen) atoms. The van der Waals surface area contributed by atoms with Crippen LogP contribution in [-0.2, 0) is 11.2 Å². The summed E-state index contributed by atoms with van der Waals surface area (Å²) in [4.78, 5) is 11.5. The zero-order valence-electron chi connectivity index (χ0n) is 12.2. The van der Waals surface area contributed by atoms with Crippen LogP contribution in [0.4, 0.5) is 5.69 Å². The third kappa shape index (κ3) is 2.09. The molecule has 0 atom stereocenters. The van der Waals surface area contributed by atoms with Crippen LogP contribution < -0.4 is 5.32 Å². The zero-order chi connectivity index (χ0) is 15.1. The van der Waals surface area contributed by atoms with Crippen LogP contribution in [0.1, 0.15) is 11.1 Å². The van der Waals surface area contributed by atoms with Crippen LogP contribution in [-0.4, -0.2) is 15.7 Å². The second-order valence-corrected chi connectivity index (χ2v) is 5.56. The van der Waals surface area contributed by atoms with Crippen molar-refractivity contribution < 1.29 is 4.79 Å². The van der Waals surface area contributed by atoms with Crippen LogP contribution in [0, 0.1) is 6.92 Å². The van der Waals surface area contributed by atoms with E-state index in [0.717, 1.165) is 28.2 Å². The fourth-order valence-electron chi connectivity index (χ4n) is 2.80. The highest BCUT2D eigenvalue weighted by Gasteiger charge is 2.18. The van der Waals surface area contributed by atoms with Crippen molar-refractivity contribution in [3.8, 4) is 16.9 Å². The smallest absolute Gasteiger partial charge is 0.228 e. The average Bonchev–Trinajstić information content (AvgIpc) is 3.12. The lowest BCUT2D eigenvalue weighted by molar-refractivity contribution is -0.115. The molecule has 4 heteroatoms. The van der Waals surface area contributed by atoms with E-state index in [9.17, 15) is 4.79 Å². The number of aryl methyl sites for hydroxylation is 1. The predicted octanol–water partition coefficient (Wildman–Crippen LogP) is 3.34. The summed E-state index contributed by atoms with van der Waals surface area (Å²) < 4.78 is 1.92. The largest absolute Gasteiger partial charge is 0.326 e. The van der Waals surface area contributed by atoms with Crippen LogP contribution in [0.25, 0.3) is 16.9 Å². The molecule has 2 heterocycles. The molecule has 0 saturated heterocycles. The molecule has 1 aliphatic rings. The average molecular weight is 289 g/mol. The lowest BCUT2D eigenvalue weighted by Gasteiger charge is -2.09. The molecule has 0 spiro atoms. The minimum Gasteiger partial charge on any atom is -0.326 e. The Hall–Kier alpha value is -2.88. The molecule has 4 nitrogen and oxygen atoms in total. The summed E-state index contributed by atoms with van der Waals surface area (Å²) in [6, 6.07) is 16.3. The summed E-state index contributed by atoms with van der Waals surface area (Å²) in [7, 11) is 0. The Morgan fingerprint density at radius 1 is 1.09 bits per heavy atom. The number of hydrogen-bond acceptors (Lipinski definition) is 2.